The summed E-state index contributed by atoms with van der Waals surface area (Å²) < 4.78 is 13.5. The first-order chi connectivity index (χ1) is 28.4. The molecule has 0 radical (unpaired) electrons. The monoisotopic (exact) mass is 1040 g/mol. The van der Waals surface area contributed by atoms with Gasteiger partial charge in [-0.25, -0.2) is 0 Å². The summed E-state index contributed by atoms with van der Waals surface area (Å²) in [5.74, 6) is 1.22. The Kier molecular flexibility index (Phi) is 20.3. The molecule has 3 saturated heterocycles. The minimum Gasteiger partial charge on any atom is -0.399 e. The van der Waals surface area contributed by atoms with Crippen molar-refractivity contribution in [1.82, 2.24) is 9.97 Å². The minimum absolute atomic E-state index is 0. The molecular formula is C50H79BBrIN6O4. The van der Waals surface area contributed by atoms with E-state index in [4.69, 9.17) is 9.31 Å². The van der Waals surface area contributed by atoms with Gasteiger partial charge in [-0.05, 0) is 117 Å². The molecule has 0 amide bonds. The maximum Gasteiger partial charge on any atom is 0.494 e. The molecule has 3 fully saturated rings. The molecule has 7 rings (SSSR count). The fourth-order valence-electron chi connectivity index (χ4n) is 7.71. The van der Waals surface area contributed by atoms with Crippen molar-refractivity contribution < 1.29 is 20.9 Å². The lowest BCUT2D eigenvalue weighted by atomic mass is 9.79. The number of anilines is 4. The smallest absolute Gasteiger partial charge is 0.399 e. The number of aliphatic hydroxyl groups excluding tert-OH is 2. The van der Waals surface area contributed by atoms with E-state index in [0.717, 1.165) is 85.1 Å². The molecule has 350 valence electrons. The van der Waals surface area contributed by atoms with Gasteiger partial charge in [0.25, 0.3) is 0 Å². The molecule has 5 heterocycles. The highest BCUT2D eigenvalue weighted by molar-refractivity contribution is 14.0. The van der Waals surface area contributed by atoms with Gasteiger partial charge in [0.1, 0.15) is 0 Å². The summed E-state index contributed by atoms with van der Waals surface area (Å²) in [6.07, 6.45) is 2.78. The Hall–Kier alpha value is -2.95. The van der Waals surface area contributed by atoms with Crippen LogP contribution in [0.2, 0.25) is 0 Å². The largest absolute Gasteiger partial charge is 0.494 e. The lowest BCUT2D eigenvalue weighted by Gasteiger charge is -2.37. The van der Waals surface area contributed by atoms with Crippen LogP contribution in [0.25, 0.3) is 0 Å². The summed E-state index contributed by atoms with van der Waals surface area (Å²) in [6.45, 7) is 28.7. The van der Waals surface area contributed by atoms with Crippen molar-refractivity contribution in [2.75, 3.05) is 72.0 Å². The molecule has 13 heteroatoms. The van der Waals surface area contributed by atoms with Crippen molar-refractivity contribution in [2.24, 2.45) is 23.7 Å². The quantitative estimate of drug-likeness (QED) is 0.112. The highest BCUT2D eigenvalue weighted by atomic mass is 127. The van der Waals surface area contributed by atoms with Crippen molar-refractivity contribution in [1.29, 1.82) is 0 Å². The minimum atomic E-state index is -0.522. The Morgan fingerprint density at radius 1 is 0.540 bits per heavy atom. The van der Waals surface area contributed by atoms with Gasteiger partial charge in [-0.2, -0.15) is 0 Å². The van der Waals surface area contributed by atoms with Gasteiger partial charge in [-0.3, -0.25) is 9.97 Å². The molecule has 63 heavy (non-hydrogen) atoms. The Labute approximate surface area is 408 Å². The van der Waals surface area contributed by atoms with Crippen molar-refractivity contribution in [3.8, 4) is 0 Å². The first-order valence-electron chi connectivity index (χ1n) is 21.9. The molecule has 2 aromatic carbocycles. The third-order valence-electron chi connectivity index (χ3n) is 13.5. The van der Waals surface area contributed by atoms with Gasteiger partial charge in [0.2, 0.25) is 0 Å². The number of aliphatic hydroxyl groups is 2. The fourth-order valence-corrected chi connectivity index (χ4v) is 7.97. The number of rotatable bonds is 11. The molecule has 3 aliphatic rings. The third-order valence-corrected chi connectivity index (χ3v) is 14.0. The lowest BCUT2D eigenvalue weighted by Crippen LogP contribution is -2.46. The number of pyridine rings is 2. The average Bonchev–Trinajstić information content (AvgIpc) is 3.48. The van der Waals surface area contributed by atoms with Gasteiger partial charge in [0.15, 0.2) is 0 Å². The highest BCUT2D eigenvalue weighted by Crippen LogP contribution is 2.37. The normalized spacial score (nSPS) is 18.9. The van der Waals surface area contributed by atoms with Crippen molar-refractivity contribution >= 4 is 75.2 Å². The molecule has 4 unspecified atom stereocenters. The SMILES string of the molecule is C.C.CC(C)C(C)C(O)c1ccc(N2CCN(c3ccc(B4OC(C)(C)C(C)(C)O4)cc3)CC2)cn1.CC(C)C(C)C(O)c1ccc(N2CCN(c3ccc(Br)cc3)CC2)cn1.I.[HH]. The highest BCUT2D eigenvalue weighted by Gasteiger charge is 2.51. The van der Waals surface area contributed by atoms with Crippen LogP contribution >= 0.6 is 39.9 Å². The summed E-state index contributed by atoms with van der Waals surface area (Å²) in [7, 11) is -0.326. The second-order valence-corrected chi connectivity index (χ2v) is 19.5. The van der Waals surface area contributed by atoms with Crippen molar-refractivity contribution in [2.45, 2.75) is 108 Å². The Morgan fingerprint density at radius 3 is 1.14 bits per heavy atom. The van der Waals surface area contributed by atoms with Crippen molar-refractivity contribution in [3.63, 3.8) is 0 Å². The summed E-state index contributed by atoms with van der Waals surface area (Å²) in [5.41, 5.74) is 6.66. The molecule has 4 aromatic rings. The van der Waals surface area contributed by atoms with Gasteiger partial charge in [0.05, 0.1) is 58.6 Å². The summed E-state index contributed by atoms with van der Waals surface area (Å²) in [4.78, 5) is 18.7. The molecule has 3 aliphatic heterocycles. The molecule has 0 aliphatic carbocycles. The fraction of sp³-hybridized carbons (Fsp3) is 0.560. The number of nitrogens with zero attached hydrogens (tertiary/aromatic N) is 6. The Balaban J connectivity index is 0.000000427. The molecule has 2 aromatic heterocycles. The van der Waals surface area contributed by atoms with Crippen LogP contribution in [0, 0.1) is 23.7 Å². The molecular weight excluding hydrogens is 966 g/mol. The van der Waals surface area contributed by atoms with Crippen LogP contribution in [0.4, 0.5) is 22.7 Å². The van der Waals surface area contributed by atoms with E-state index in [9.17, 15) is 10.2 Å². The molecule has 4 atom stereocenters. The van der Waals surface area contributed by atoms with Crippen LogP contribution in [0.3, 0.4) is 0 Å². The van der Waals surface area contributed by atoms with Gasteiger partial charge in [-0.15, -0.1) is 24.0 Å². The van der Waals surface area contributed by atoms with Crippen LogP contribution in [0.5, 0.6) is 0 Å². The van der Waals surface area contributed by atoms with E-state index >= 15 is 0 Å². The van der Waals surface area contributed by atoms with E-state index in [1.165, 1.54) is 11.4 Å². The molecule has 0 spiro atoms. The predicted octanol–water partition coefficient (Wildman–Crippen LogP) is 10.7. The number of benzene rings is 2. The number of aromatic nitrogens is 2. The van der Waals surface area contributed by atoms with Crippen LogP contribution in [-0.4, -0.2) is 90.9 Å². The standard InChI is InChI=1S/C27H40BN3O3.C21H28BrN3O.2CH4.HI.H2/c1-19(2)20(3)25(32)24-13-12-23(18-29-24)31-16-14-30(15-17-31)22-10-8-21(9-11-22)28-33-26(4,5)27(6,7)34-28;1-15(2)16(3)21(26)20-9-8-19(14-23-20)25-12-10-24(11-13-25)18-6-4-17(22)5-7-18;;;;/h8-13,18-20,25,32H,14-17H2,1-7H3;4-9,14-16,21,26H,10-13H2,1-3H3;2*1H4;2*1H. The lowest BCUT2D eigenvalue weighted by molar-refractivity contribution is 0.00578. The average molecular weight is 1050 g/mol. The predicted molar refractivity (Wildman–Crippen MR) is 283 cm³/mol. The van der Waals surface area contributed by atoms with E-state index in [0.29, 0.717) is 11.8 Å². The zero-order chi connectivity index (χ0) is 43.4. The maximum absolute atomic E-state index is 10.6. The topological polar surface area (TPSA) is 97.7 Å². The number of hydrogen-bond donors (Lipinski definition) is 2. The van der Waals surface area contributed by atoms with Crippen LogP contribution in [0.1, 0.15) is 109 Å². The first-order valence-corrected chi connectivity index (χ1v) is 22.7. The van der Waals surface area contributed by atoms with E-state index < -0.39 is 12.2 Å². The number of hydrogen-bond acceptors (Lipinski definition) is 10. The van der Waals surface area contributed by atoms with E-state index in [1.54, 1.807) is 0 Å². The molecule has 0 saturated carbocycles. The molecule has 0 bridgehead atoms. The van der Waals surface area contributed by atoms with E-state index in [2.05, 4.69) is 175 Å². The first kappa shape index (κ1) is 54.4. The maximum atomic E-state index is 10.6. The van der Waals surface area contributed by atoms with Crippen LogP contribution in [0.15, 0.2) is 89.7 Å². The molecule has 2 N–H and O–H groups in total. The van der Waals surface area contributed by atoms with Crippen molar-refractivity contribution in [3.05, 3.63) is 101 Å². The van der Waals surface area contributed by atoms with Gasteiger partial charge in [-0.1, -0.05) is 84.5 Å². The van der Waals surface area contributed by atoms with Gasteiger partial charge in [0, 0.05) is 69.6 Å². The number of piperazine rings is 2. The summed E-state index contributed by atoms with van der Waals surface area (Å²) in [5, 5.41) is 21.0. The zero-order valence-corrected chi connectivity index (χ0v) is 41.9. The van der Waals surface area contributed by atoms with Crippen LogP contribution < -0.4 is 25.1 Å². The second-order valence-electron chi connectivity index (χ2n) is 18.6. The zero-order valence-electron chi connectivity index (χ0n) is 38.0. The second kappa shape index (κ2) is 23.5. The summed E-state index contributed by atoms with van der Waals surface area (Å²) in [6, 6.07) is 25.2. The van der Waals surface area contributed by atoms with Gasteiger partial charge < -0.3 is 39.1 Å². The number of halogens is 2. The Bertz CT molecular complexity index is 1930. The van der Waals surface area contributed by atoms with E-state index in [-0.39, 0.29) is 70.4 Å². The van der Waals surface area contributed by atoms with E-state index in [1.807, 2.05) is 24.5 Å². The molecule has 10 nitrogen and oxygen atoms in total. The Morgan fingerprint density at radius 2 is 0.841 bits per heavy atom. The van der Waals surface area contributed by atoms with Gasteiger partial charge >= 0.3 is 7.12 Å². The van der Waals surface area contributed by atoms with Crippen LogP contribution in [-0.2, 0) is 9.31 Å². The summed E-state index contributed by atoms with van der Waals surface area (Å²) >= 11 is 3.49. The third kappa shape index (κ3) is 13.3.